The lowest BCUT2D eigenvalue weighted by Crippen LogP contribution is -2.50. The Morgan fingerprint density at radius 3 is 2.50 bits per heavy atom. The largest absolute Gasteiger partial charge is 0.411 e. The molecule has 4 nitrogen and oxygen atoms in total. The number of oxime groups is 1. The van der Waals surface area contributed by atoms with Crippen molar-refractivity contribution < 1.29 is 10.4 Å². The van der Waals surface area contributed by atoms with Crippen LogP contribution in [0, 0.1) is 17.3 Å². The Kier molecular flexibility index (Phi) is 1.92. The van der Waals surface area contributed by atoms with Gasteiger partial charge in [0.05, 0.1) is 11.3 Å². The molecule has 0 aliphatic heterocycles. The second-order valence-corrected chi connectivity index (χ2v) is 5.43. The number of rotatable bonds is 1. The van der Waals surface area contributed by atoms with E-state index in [-0.39, 0.29) is 0 Å². The van der Waals surface area contributed by atoms with Gasteiger partial charge in [-0.1, -0.05) is 19.0 Å². The quantitative estimate of drug-likeness (QED) is 0.443. The van der Waals surface area contributed by atoms with E-state index >= 15 is 0 Å². The van der Waals surface area contributed by atoms with Crippen molar-refractivity contribution in [3.63, 3.8) is 0 Å². The minimum absolute atomic E-state index is 0.338. The van der Waals surface area contributed by atoms with Crippen molar-refractivity contribution in [1.82, 2.24) is 5.48 Å². The molecule has 0 amide bonds. The standard InChI is InChI=1S/C10H18N2O2/c1-9(2)6-4-8(11-13)10(3,12-14)5-7(6)9/h6-7,12-14H,4-5H2,1-3H3/b11-8+/t6-,7-,10+/m0/s1. The van der Waals surface area contributed by atoms with Crippen molar-refractivity contribution in [2.75, 3.05) is 0 Å². The highest BCUT2D eigenvalue weighted by Crippen LogP contribution is 2.65. The van der Waals surface area contributed by atoms with E-state index in [1.807, 2.05) is 6.92 Å². The van der Waals surface area contributed by atoms with Crippen LogP contribution < -0.4 is 5.48 Å². The average Bonchev–Trinajstić information content (AvgIpc) is 2.66. The lowest BCUT2D eigenvalue weighted by Gasteiger charge is -2.32. The van der Waals surface area contributed by atoms with Crippen LogP contribution in [0.4, 0.5) is 0 Å². The molecule has 14 heavy (non-hydrogen) atoms. The summed E-state index contributed by atoms with van der Waals surface area (Å²) in [5, 5.41) is 21.3. The SMILES string of the molecule is CC1(C)[C@H]2C/C(=N\O)[C@](C)(NO)C[C@@H]21. The molecule has 2 aliphatic carbocycles. The third-order valence-corrected chi connectivity index (χ3v) is 4.33. The van der Waals surface area contributed by atoms with Gasteiger partial charge in [-0.3, -0.25) is 0 Å². The Balaban J connectivity index is 2.23. The van der Waals surface area contributed by atoms with E-state index in [0.717, 1.165) is 12.8 Å². The van der Waals surface area contributed by atoms with Crippen LogP contribution in [0.25, 0.3) is 0 Å². The summed E-state index contributed by atoms with van der Waals surface area (Å²) in [6, 6.07) is 0. The summed E-state index contributed by atoms with van der Waals surface area (Å²) in [7, 11) is 0. The zero-order chi connectivity index (χ0) is 10.6. The van der Waals surface area contributed by atoms with Crippen LogP contribution in [0.1, 0.15) is 33.6 Å². The first-order valence-electron chi connectivity index (χ1n) is 5.08. The van der Waals surface area contributed by atoms with Gasteiger partial charge in [0, 0.05) is 0 Å². The molecule has 4 heteroatoms. The molecule has 80 valence electrons. The normalized spacial score (nSPS) is 47.6. The molecule has 0 aromatic carbocycles. The molecule has 0 spiro atoms. The van der Waals surface area contributed by atoms with Crippen LogP contribution in [0.2, 0.25) is 0 Å². The van der Waals surface area contributed by atoms with Gasteiger partial charge in [-0.25, -0.2) is 0 Å². The van der Waals surface area contributed by atoms with E-state index < -0.39 is 5.54 Å². The van der Waals surface area contributed by atoms with Gasteiger partial charge in [0.2, 0.25) is 0 Å². The van der Waals surface area contributed by atoms with Gasteiger partial charge in [0.15, 0.2) is 0 Å². The van der Waals surface area contributed by atoms with Crippen LogP contribution in [-0.2, 0) is 0 Å². The third-order valence-electron chi connectivity index (χ3n) is 4.33. The summed E-state index contributed by atoms with van der Waals surface area (Å²) in [5.74, 6) is 1.26. The molecular formula is C10H18N2O2. The molecule has 2 fully saturated rings. The molecule has 3 atom stereocenters. The fourth-order valence-electron chi connectivity index (χ4n) is 2.92. The summed E-state index contributed by atoms with van der Waals surface area (Å²) in [4.78, 5) is 0. The van der Waals surface area contributed by atoms with E-state index in [9.17, 15) is 0 Å². The van der Waals surface area contributed by atoms with Crippen LogP contribution in [0.15, 0.2) is 5.16 Å². The Hall–Kier alpha value is -0.610. The molecule has 2 aliphatic rings. The van der Waals surface area contributed by atoms with Gasteiger partial charge >= 0.3 is 0 Å². The number of nitrogens with zero attached hydrogens (tertiary/aromatic N) is 1. The zero-order valence-electron chi connectivity index (χ0n) is 8.91. The van der Waals surface area contributed by atoms with Crippen molar-refractivity contribution in [3.8, 4) is 0 Å². The lowest BCUT2D eigenvalue weighted by molar-refractivity contribution is 0.0902. The number of hydrogen-bond acceptors (Lipinski definition) is 4. The van der Waals surface area contributed by atoms with E-state index in [1.165, 1.54) is 0 Å². The Bertz CT molecular complexity index is 288. The predicted molar refractivity (Wildman–Crippen MR) is 52.5 cm³/mol. The number of nitrogens with one attached hydrogen (secondary N) is 1. The Labute approximate surface area is 84.0 Å². The molecular weight excluding hydrogens is 180 g/mol. The first kappa shape index (κ1) is 9.93. The Morgan fingerprint density at radius 2 is 2.00 bits per heavy atom. The maximum atomic E-state index is 9.12. The molecule has 2 saturated carbocycles. The van der Waals surface area contributed by atoms with Crippen molar-refractivity contribution in [2.45, 2.75) is 39.2 Å². The van der Waals surface area contributed by atoms with Crippen molar-refractivity contribution >= 4 is 5.71 Å². The number of hydrogen-bond donors (Lipinski definition) is 3. The smallest absolute Gasteiger partial charge is 0.0818 e. The molecule has 0 bridgehead atoms. The van der Waals surface area contributed by atoms with Gasteiger partial charge in [-0.15, -0.1) is 0 Å². The third kappa shape index (κ3) is 1.10. The van der Waals surface area contributed by atoms with Gasteiger partial charge in [0.1, 0.15) is 0 Å². The lowest BCUT2D eigenvalue weighted by atomic mass is 9.82. The maximum absolute atomic E-state index is 9.12. The molecule has 0 unspecified atom stereocenters. The maximum Gasteiger partial charge on any atom is 0.0818 e. The van der Waals surface area contributed by atoms with Crippen molar-refractivity contribution in [3.05, 3.63) is 0 Å². The minimum Gasteiger partial charge on any atom is -0.411 e. The molecule has 3 N–H and O–H groups in total. The Morgan fingerprint density at radius 1 is 1.36 bits per heavy atom. The molecule has 0 saturated heterocycles. The summed E-state index contributed by atoms with van der Waals surface area (Å²) >= 11 is 0. The highest BCUT2D eigenvalue weighted by Gasteiger charge is 2.63. The van der Waals surface area contributed by atoms with Crippen LogP contribution in [0.5, 0.6) is 0 Å². The van der Waals surface area contributed by atoms with Gasteiger partial charge in [-0.05, 0) is 37.0 Å². The van der Waals surface area contributed by atoms with E-state index in [1.54, 1.807) is 0 Å². The minimum atomic E-state index is -0.538. The molecule has 0 aromatic heterocycles. The monoisotopic (exact) mass is 198 g/mol. The first-order valence-corrected chi connectivity index (χ1v) is 5.08. The topological polar surface area (TPSA) is 64.9 Å². The molecule has 0 radical (unpaired) electrons. The van der Waals surface area contributed by atoms with E-state index in [4.69, 9.17) is 10.4 Å². The van der Waals surface area contributed by atoms with Crippen LogP contribution in [0.3, 0.4) is 0 Å². The predicted octanol–water partition coefficient (Wildman–Crippen LogP) is 1.62. The highest BCUT2D eigenvalue weighted by atomic mass is 16.5. The fourth-order valence-corrected chi connectivity index (χ4v) is 2.92. The zero-order valence-corrected chi connectivity index (χ0v) is 8.91. The van der Waals surface area contributed by atoms with Crippen LogP contribution in [-0.4, -0.2) is 21.7 Å². The van der Waals surface area contributed by atoms with Crippen LogP contribution >= 0.6 is 0 Å². The second-order valence-electron chi connectivity index (χ2n) is 5.43. The van der Waals surface area contributed by atoms with Crippen molar-refractivity contribution in [2.24, 2.45) is 22.4 Å². The first-order chi connectivity index (χ1) is 6.45. The van der Waals surface area contributed by atoms with E-state index in [0.29, 0.717) is 23.0 Å². The highest BCUT2D eigenvalue weighted by molar-refractivity contribution is 5.94. The van der Waals surface area contributed by atoms with Crippen molar-refractivity contribution in [1.29, 1.82) is 0 Å². The van der Waals surface area contributed by atoms with Gasteiger partial charge < -0.3 is 10.4 Å². The summed E-state index contributed by atoms with van der Waals surface area (Å²) in [5.41, 5.74) is 2.76. The van der Waals surface area contributed by atoms with Gasteiger partial charge in [-0.2, -0.15) is 5.48 Å². The second kappa shape index (κ2) is 2.70. The van der Waals surface area contributed by atoms with E-state index in [2.05, 4.69) is 24.5 Å². The summed E-state index contributed by atoms with van der Waals surface area (Å²) in [6.07, 6.45) is 1.64. The molecule has 2 rings (SSSR count). The average molecular weight is 198 g/mol. The summed E-state index contributed by atoms with van der Waals surface area (Å²) in [6.45, 7) is 6.35. The molecule has 0 heterocycles. The molecule has 0 aromatic rings. The summed E-state index contributed by atoms with van der Waals surface area (Å²) < 4.78 is 0. The number of hydroxylamine groups is 1. The number of fused-ring (bicyclic) bond motifs is 1. The fraction of sp³-hybridized carbons (Fsp3) is 0.900. The van der Waals surface area contributed by atoms with Gasteiger partial charge in [0.25, 0.3) is 0 Å².